The van der Waals surface area contributed by atoms with Gasteiger partial charge in [0.1, 0.15) is 0 Å². The van der Waals surface area contributed by atoms with Gasteiger partial charge in [0.25, 0.3) is 0 Å². The van der Waals surface area contributed by atoms with Crippen LogP contribution in [0.3, 0.4) is 0 Å². The lowest BCUT2D eigenvalue weighted by molar-refractivity contribution is -0.294. The predicted molar refractivity (Wildman–Crippen MR) is 458 cm³/mol. The second-order valence-corrected chi connectivity index (χ2v) is 35.2. The van der Waals surface area contributed by atoms with Crippen molar-refractivity contribution in [2.75, 3.05) is 109 Å². The van der Waals surface area contributed by atoms with Gasteiger partial charge in [-0.3, -0.25) is 37.9 Å². The fourth-order valence-corrected chi connectivity index (χ4v) is 16.0. The quantitative estimate of drug-likeness (QED) is 0.0233. The van der Waals surface area contributed by atoms with Crippen molar-refractivity contribution in [2.45, 2.75) is 312 Å². The molecule has 0 saturated carbocycles. The molecule has 0 aliphatic carbocycles. The molecular formula is C93H152Cl4N8O12. The molecule has 0 N–H and O–H groups in total. The van der Waals surface area contributed by atoms with Gasteiger partial charge < -0.3 is 106 Å². The molecule has 8 heterocycles. The first-order valence-corrected chi connectivity index (χ1v) is 43.6. The Hall–Kier alpha value is -3.92. The van der Waals surface area contributed by atoms with Gasteiger partial charge in [-0.2, -0.15) is 0 Å². The molecule has 20 nitrogen and oxygen atoms in total. The maximum absolute atomic E-state index is 7.71. The van der Waals surface area contributed by atoms with Crippen LogP contribution in [0.1, 0.15) is 305 Å². The van der Waals surface area contributed by atoms with Crippen LogP contribution in [0.15, 0.2) is 98.2 Å². The zero-order valence-corrected chi connectivity index (χ0v) is 77.9. The Morgan fingerprint density at radius 3 is 0.701 bits per heavy atom. The lowest BCUT2D eigenvalue weighted by atomic mass is 9.91. The SMILES string of the molecule is C=C(CC)CCCCCCC[N+](C)(C)c1cncc2c1C(OCC(COC1OC(C)OCc3cncc([N+](C)(C)CCCCCCCC(=C)CC)c31)(COC1OC(C)OCc3cncc([N+](C)(C)CCCCCCCC(=C)CC)c31)COC1OC(C)OCc3cncc([N+](C)(C)CCCCCCCC(=C)CC)c31)OC(C)OC2.[Cl-].[Cl-].[Cl-].[Cl-]. The Balaban J connectivity index is 0.00000720. The number of hydrogen-bond acceptors (Lipinski definition) is 16. The van der Waals surface area contributed by atoms with Crippen molar-refractivity contribution in [3.05, 3.63) is 143 Å². The molecule has 0 aromatic carbocycles. The second-order valence-electron chi connectivity index (χ2n) is 35.2. The Labute approximate surface area is 731 Å². The van der Waals surface area contributed by atoms with Gasteiger partial charge >= 0.3 is 0 Å². The average molecular weight is 1720 g/mol. The molecule has 4 aliphatic heterocycles. The topological polar surface area (TPSA) is 162 Å². The Morgan fingerprint density at radius 1 is 0.316 bits per heavy atom. The van der Waals surface area contributed by atoms with Crippen LogP contribution in [-0.4, -0.2) is 154 Å². The minimum absolute atomic E-state index is 0. The standard InChI is InChI=1S/C93H152N8O12.4ClH/c1-21-69(5)45-37-29-25-33-41-49-98(13,14)81-57-94-53-77-61-102-73(9)110-89(85(77)81)106-65-93(66-107-90-86-78(62-103-74(10)111-90)54-95-58-82(86)99(15,16)50-42-34-26-30-38-46-70(6)22-2,67-108-91-87-79(63-104-75(11)112-91)55-96-59-83(87)100(17,18)51-43-35-27-31-39-47-71(7)23-3)68-109-92-88-80(64-105-76(12)113-92)56-97-60-84(88)101(19,20)52-44-36-28-32-40-48-72(8)24-4;;;;/h53-60,73-76,89-92H,5-8,21-52,61-68H2,1-4,9-20H3;4*1H/q+4;;;;/p-4. The molecule has 8 rings (SSSR count). The molecule has 0 fully saturated rings. The Morgan fingerprint density at radius 2 is 0.504 bits per heavy atom. The summed E-state index contributed by atoms with van der Waals surface area (Å²) in [6, 6.07) is 0. The molecular weight excluding hydrogens is 1560 g/mol. The van der Waals surface area contributed by atoms with E-state index in [0.29, 0.717) is 17.9 Å². The number of aromatic nitrogens is 4. The third-order valence-electron chi connectivity index (χ3n) is 24.1. The van der Waals surface area contributed by atoms with E-state index in [0.717, 1.165) is 222 Å². The minimum atomic E-state index is -1.27. The van der Waals surface area contributed by atoms with E-state index in [1.165, 1.54) is 73.7 Å². The van der Waals surface area contributed by atoms with E-state index >= 15 is 0 Å². The van der Waals surface area contributed by atoms with Crippen LogP contribution in [0.4, 0.5) is 22.7 Å². The van der Waals surface area contributed by atoms with Crippen molar-refractivity contribution in [3.8, 4) is 0 Å². The number of rotatable bonds is 52. The van der Waals surface area contributed by atoms with E-state index in [9.17, 15) is 0 Å². The number of allylic oxidation sites excluding steroid dienone is 4. The minimum Gasteiger partial charge on any atom is -1.00 e. The van der Waals surface area contributed by atoms with Gasteiger partial charge in [0.15, 0.2) is 73.1 Å². The number of hydrogen-bond donors (Lipinski definition) is 0. The zero-order valence-electron chi connectivity index (χ0n) is 74.8. The molecule has 8 atom stereocenters. The van der Waals surface area contributed by atoms with Crippen molar-refractivity contribution in [3.63, 3.8) is 0 Å². The molecule has 664 valence electrons. The summed E-state index contributed by atoms with van der Waals surface area (Å²) in [7, 11) is 18.1. The van der Waals surface area contributed by atoms with Gasteiger partial charge in [-0.15, -0.1) is 0 Å². The first-order valence-electron chi connectivity index (χ1n) is 43.6. The Bertz CT molecular complexity index is 3150. The summed E-state index contributed by atoms with van der Waals surface area (Å²) in [5.41, 5.74) is 15.1. The fraction of sp³-hybridized carbons (Fsp3) is 0.699. The van der Waals surface area contributed by atoms with Crippen molar-refractivity contribution in [1.82, 2.24) is 37.9 Å². The summed E-state index contributed by atoms with van der Waals surface area (Å²) in [6.07, 6.45) is 40.2. The van der Waals surface area contributed by atoms with Crippen LogP contribution in [0, 0.1) is 5.41 Å². The smallest absolute Gasteiger partial charge is 0.193 e. The van der Waals surface area contributed by atoms with E-state index in [1.54, 1.807) is 0 Å². The van der Waals surface area contributed by atoms with Crippen molar-refractivity contribution in [1.29, 1.82) is 0 Å². The third-order valence-corrected chi connectivity index (χ3v) is 24.1. The van der Waals surface area contributed by atoms with E-state index in [4.69, 9.17) is 76.8 Å². The summed E-state index contributed by atoms with van der Waals surface area (Å²) in [6.45, 7) is 38.0. The zero-order chi connectivity index (χ0) is 81.6. The number of ether oxygens (including phenoxy) is 12. The molecule has 0 radical (unpaired) electrons. The van der Waals surface area contributed by atoms with Crippen LogP contribution in [0.25, 0.3) is 0 Å². The van der Waals surface area contributed by atoms with E-state index < -0.39 is 55.7 Å². The molecule has 4 aliphatic rings. The summed E-state index contributed by atoms with van der Waals surface area (Å²) in [5, 5.41) is 0. The molecule has 0 bridgehead atoms. The van der Waals surface area contributed by atoms with Gasteiger partial charge in [-0.25, -0.2) is 0 Å². The van der Waals surface area contributed by atoms with E-state index in [1.807, 2.05) is 77.3 Å². The number of unbranched alkanes of at least 4 members (excludes halogenated alkanes) is 16. The highest BCUT2D eigenvalue weighted by Gasteiger charge is 2.46. The van der Waals surface area contributed by atoms with Crippen LogP contribution < -0.4 is 67.6 Å². The second kappa shape index (κ2) is 52.6. The van der Waals surface area contributed by atoms with Crippen LogP contribution in [0.2, 0.25) is 0 Å². The fourth-order valence-electron chi connectivity index (χ4n) is 16.0. The summed E-state index contributed by atoms with van der Waals surface area (Å²) >= 11 is 0. The first kappa shape index (κ1) is 105. The predicted octanol–water partition coefficient (Wildman–Crippen LogP) is 9.50. The van der Waals surface area contributed by atoms with Crippen LogP contribution >= 0.6 is 0 Å². The first-order chi connectivity index (χ1) is 54.1. The van der Waals surface area contributed by atoms with Crippen LogP contribution in [-0.2, 0) is 83.3 Å². The van der Waals surface area contributed by atoms with E-state index in [-0.39, 0.29) is 102 Å². The normalized spacial score (nSPS) is 20.2. The molecule has 24 heteroatoms. The summed E-state index contributed by atoms with van der Waals surface area (Å²) < 4.78 is 87.4. The van der Waals surface area contributed by atoms with Gasteiger partial charge in [0, 0.05) is 47.0 Å². The number of fused-ring (bicyclic) bond motifs is 4. The molecule has 4 aromatic rings. The highest BCUT2D eigenvalue weighted by Crippen LogP contribution is 2.46. The third kappa shape index (κ3) is 32.6. The molecule has 0 amide bonds. The lowest BCUT2D eigenvalue weighted by Crippen LogP contribution is -3.00. The number of quaternary nitrogens is 4. The van der Waals surface area contributed by atoms with Gasteiger partial charge in [-0.05, 0) is 156 Å². The molecule has 117 heavy (non-hydrogen) atoms. The number of pyridine rings is 4. The molecule has 4 aromatic heterocycles. The van der Waals surface area contributed by atoms with Crippen molar-refractivity contribution < 1.29 is 106 Å². The van der Waals surface area contributed by atoms with Gasteiger partial charge in [-0.1, -0.05) is 128 Å². The lowest BCUT2D eigenvalue weighted by Gasteiger charge is -2.39. The highest BCUT2D eigenvalue weighted by atomic mass is 35.5. The maximum atomic E-state index is 7.71. The summed E-state index contributed by atoms with van der Waals surface area (Å²) in [5.74, 6) is 0. The Kier molecular flexibility index (Phi) is 47.4. The van der Waals surface area contributed by atoms with E-state index in [2.05, 4.69) is 110 Å². The monoisotopic (exact) mass is 1710 g/mol. The summed E-state index contributed by atoms with van der Waals surface area (Å²) in [4.78, 5) is 19.7. The number of halogens is 4. The van der Waals surface area contributed by atoms with Crippen LogP contribution in [0.5, 0.6) is 0 Å². The molecule has 0 spiro atoms. The van der Waals surface area contributed by atoms with Gasteiger partial charge in [0.05, 0.1) is 188 Å². The number of nitrogens with zero attached hydrogens (tertiary/aromatic N) is 8. The van der Waals surface area contributed by atoms with Crippen molar-refractivity contribution >= 4 is 22.7 Å². The molecule has 0 saturated heterocycles. The van der Waals surface area contributed by atoms with Crippen molar-refractivity contribution in [2.24, 2.45) is 5.41 Å². The maximum Gasteiger partial charge on any atom is 0.193 e. The molecule has 8 unspecified atom stereocenters. The van der Waals surface area contributed by atoms with Gasteiger partial charge in [0.2, 0.25) is 0 Å². The average Bonchev–Trinajstić information content (AvgIpc) is 1.78. The largest absolute Gasteiger partial charge is 1.00 e. The highest BCUT2D eigenvalue weighted by molar-refractivity contribution is 5.55.